The number of rotatable bonds is 1. The van der Waals surface area contributed by atoms with Crippen LogP contribution in [0, 0.1) is 6.92 Å². The summed E-state index contributed by atoms with van der Waals surface area (Å²) in [7, 11) is 0. The van der Waals surface area contributed by atoms with Gasteiger partial charge in [-0.25, -0.2) is 4.98 Å². The van der Waals surface area contributed by atoms with Crippen LogP contribution >= 0.6 is 0 Å². The predicted molar refractivity (Wildman–Crippen MR) is 42.3 cm³/mol. The van der Waals surface area contributed by atoms with E-state index < -0.39 is 0 Å². The zero-order valence-corrected chi connectivity index (χ0v) is 6.56. The Labute approximate surface area is 69.3 Å². The van der Waals surface area contributed by atoms with Crippen LogP contribution in [0.5, 0.6) is 0 Å². The SMILES string of the molecule is Cc1cnc(-c2cocn2)cn1. The first kappa shape index (κ1) is 6.97. The predicted octanol–water partition coefficient (Wildman–Crippen LogP) is 1.44. The summed E-state index contributed by atoms with van der Waals surface area (Å²) in [4.78, 5) is 12.2. The average molecular weight is 161 g/mol. The van der Waals surface area contributed by atoms with Crippen LogP contribution in [0.25, 0.3) is 11.4 Å². The highest BCUT2D eigenvalue weighted by Gasteiger charge is 2.00. The van der Waals surface area contributed by atoms with Gasteiger partial charge in [0, 0.05) is 6.20 Å². The lowest BCUT2D eigenvalue weighted by molar-refractivity contribution is 0.558. The van der Waals surface area contributed by atoms with Gasteiger partial charge in [0.05, 0.1) is 11.9 Å². The Morgan fingerprint density at radius 2 is 2.00 bits per heavy atom. The maximum atomic E-state index is 4.82. The molecule has 2 heterocycles. The van der Waals surface area contributed by atoms with Crippen molar-refractivity contribution < 1.29 is 4.42 Å². The van der Waals surface area contributed by atoms with Crippen LogP contribution in [0.3, 0.4) is 0 Å². The molecule has 2 rings (SSSR count). The molecule has 0 saturated carbocycles. The summed E-state index contributed by atoms with van der Waals surface area (Å²) in [5, 5.41) is 0. The zero-order valence-electron chi connectivity index (χ0n) is 6.56. The standard InChI is InChI=1S/C8H7N3O/c1-6-2-10-7(3-9-6)8-4-12-5-11-8/h2-5H,1H3. The molecule has 0 aliphatic carbocycles. The largest absolute Gasteiger partial charge is 0.451 e. The molecule has 0 fully saturated rings. The maximum absolute atomic E-state index is 4.82. The van der Waals surface area contributed by atoms with E-state index in [1.54, 1.807) is 18.7 Å². The first-order valence-corrected chi connectivity index (χ1v) is 3.53. The van der Waals surface area contributed by atoms with E-state index >= 15 is 0 Å². The molecular weight excluding hydrogens is 154 g/mol. The van der Waals surface area contributed by atoms with E-state index in [1.807, 2.05) is 6.92 Å². The lowest BCUT2D eigenvalue weighted by Crippen LogP contribution is -1.87. The van der Waals surface area contributed by atoms with E-state index in [2.05, 4.69) is 15.0 Å². The van der Waals surface area contributed by atoms with Crippen molar-refractivity contribution in [2.45, 2.75) is 6.92 Å². The van der Waals surface area contributed by atoms with Crippen LogP contribution < -0.4 is 0 Å². The molecule has 0 aliphatic rings. The molecule has 0 N–H and O–H groups in total. The molecule has 0 saturated heterocycles. The minimum absolute atomic E-state index is 0.711. The van der Waals surface area contributed by atoms with Gasteiger partial charge in [0.2, 0.25) is 0 Å². The summed E-state index contributed by atoms with van der Waals surface area (Å²) in [6, 6.07) is 0. The molecule has 0 spiro atoms. The molecule has 0 aliphatic heterocycles. The Balaban J connectivity index is 2.43. The molecule has 0 unspecified atom stereocenters. The molecule has 4 nitrogen and oxygen atoms in total. The van der Waals surface area contributed by atoms with Gasteiger partial charge < -0.3 is 4.42 Å². The van der Waals surface area contributed by atoms with Crippen LogP contribution in [0.4, 0.5) is 0 Å². The highest BCUT2D eigenvalue weighted by molar-refractivity contribution is 5.49. The van der Waals surface area contributed by atoms with Gasteiger partial charge in [-0.3, -0.25) is 9.97 Å². The second-order valence-electron chi connectivity index (χ2n) is 2.42. The van der Waals surface area contributed by atoms with Crippen molar-refractivity contribution in [2.75, 3.05) is 0 Å². The second kappa shape index (κ2) is 2.73. The zero-order chi connectivity index (χ0) is 8.39. The molecule has 0 bridgehead atoms. The first-order chi connectivity index (χ1) is 5.86. The number of hydrogen-bond donors (Lipinski definition) is 0. The van der Waals surface area contributed by atoms with Crippen molar-refractivity contribution >= 4 is 0 Å². The van der Waals surface area contributed by atoms with Gasteiger partial charge in [-0.2, -0.15) is 0 Å². The summed E-state index contributed by atoms with van der Waals surface area (Å²) in [5.41, 5.74) is 2.33. The molecule has 0 aromatic carbocycles. The second-order valence-corrected chi connectivity index (χ2v) is 2.42. The Morgan fingerprint density at radius 3 is 2.58 bits per heavy atom. The first-order valence-electron chi connectivity index (χ1n) is 3.53. The van der Waals surface area contributed by atoms with Crippen molar-refractivity contribution in [1.82, 2.24) is 15.0 Å². The van der Waals surface area contributed by atoms with Gasteiger partial charge >= 0.3 is 0 Å². The fourth-order valence-electron chi connectivity index (χ4n) is 0.864. The molecule has 2 aromatic rings. The van der Waals surface area contributed by atoms with Gasteiger partial charge in [0.15, 0.2) is 6.39 Å². The van der Waals surface area contributed by atoms with E-state index in [-0.39, 0.29) is 0 Å². The summed E-state index contributed by atoms with van der Waals surface area (Å²) in [6.45, 7) is 1.89. The number of oxazole rings is 1. The minimum Gasteiger partial charge on any atom is -0.451 e. The number of aromatic nitrogens is 3. The molecule has 2 aromatic heterocycles. The van der Waals surface area contributed by atoms with Crippen molar-refractivity contribution in [2.24, 2.45) is 0 Å². The van der Waals surface area contributed by atoms with Gasteiger partial charge in [-0.15, -0.1) is 0 Å². The number of aryl methyl sites for hydroxylation is 1. The van der Waals surface area contributed by atoms with Crippen LogP contribution in [-0.4, -0.2) is 15.0 Å². The number of hydrogen-bond acceptors (Lipinski definition) is 4. The van der Waals surface area contributed by atoms with E-state index in [9.17, 15) is 0 Å². The number of nitrogens with zero attached hydrogens (tertiary/aromatic N) is 3. The van der Waals surface area contributed by atoms with Crippen molar-refractivity contribution in [3.8, 4) is 11.4 Å². The molecule has 0 atom stereocenters. The monoisotopic (exact) mass is 161 g/mol. The Hall–Kier alpha value is -1.71. The van der Waals surface area contributed by atoms with Gasteiger partial charge in [0.1, 0.15) is 17.7 Å². The molecule has 4 heteroatoms. The van der Waals surface area contributed by atoms with E-state index in [0.29, 0.717) is 5.69 Å². The van der Waals surface area contributed by atoms with Crippen molar-refractivity contribution in [1.29, 1.82) is 0 Å². The smallest absolute Gasteiger partial charge is 0.181 e. The lowest BCUT2D eigenvalue weighted by Gasteiger charge is -1.93. The highest BCUT2D eigenvalue weighted by atomic mass is 16.3. The third-order valence-corrected chi connectivity index (χ3v) is 1.48. The average Bonchev–Trinajstić information content (AvgIpc) is 2.58. The maximum Gasteiger partial charge on any atom is 0.181 e. The van der Waals surface area contributed by atoms with Crippen LogP contribution in [-0.2, 0) is 0 Å². The molecule has 12 heavy (non-hydrogen) atoms. The van der Waals surface area contributed by atoms with Gasteiger partial charge in [-0.05, 0) is 6.92 Å². The topological polar surface area (TPSA) is 51.8 Å². The third kappa shape index (κ3) is 1.18. The van der Waals surface area contributed by atoms with E-state index in [0.717, 1.165) is 11.4 Å². The fraction of sp³-hybridized carbons (Fsp3) is 0.125. The molecule has 60 valence electrons. The third-order valence-electron chi connectivity index (χ3n) is 1.48. The minimum atomic E-state index is 0.711. The van der Waals surface area contributed by atoms with Gasteiger partial charge in [0.25, 0.3) is 0 Å². The molecule has 0 amide bonds. The van der Waals surface area contributed by atoms with E-state index in [4.69, 9.17) is 4.42 Å². The quantitative estimate of drug-likeness (QED) is 0.635. The Kier molecular flexibility index (Phi) is 1.59. The van der Waals surface area contributed by atoms with Crippen molar-refractivity contribution in [3.63, 3.8) is 0 Å². The van der Waals surface area contributed by atoms with Crippen LogP contribution in [0.2, 0.25) is 0 Å². The lowest BCUT2D eigenvalue weighted by atomic mass is 10.3. The van der Waals surface area contributed by atoms with Crippen LogP contribution in [0.1, 0.15) is 5.69 Å². The molecule has 0 radical (unpaired) electrons. The summed E-state index contributed by atoms with van der Waals surface area (Å²) < 4.78 is 4.82. The summed E-state index contributed by atoms with van der Waals surface area (Å²) in [5.74, 6) is 0. The van der Waals surface area contributed by atoms with Gasteiger partial charge in [-0.1, -0.05) is 0 Å². The highest BCUT2D eigenvalue weighted by Crippen LogP contribution is 2.11. The summed E-state index contributed by atoms with van der Waals surface area (Å²) in [6.07, 6.45) is 6.29. The van der Waals surface area contributed by atoms with E-state index in [1.165, 1.54) is 6.39 Å². The Bertz CT molecular complexity index is 352. The summed E-state index contributed by atoms with van der Waals surface area (Å²) >= 11 is 0. The molecular formula is C8H7N3O. The fourth-order valence-corrected chi connectivity index (χ4v) is 0.864. The van der Waals surface area contributed by atoms with Crippen LogP contribution in [0.15, 0.2) is 29.5 Å². The normalized spacial score (nSPS) is 10.1. The Morgan fingerprint density at radius 1 is 1.08 bits per heavy atom. The van der Waals surface area contributed by atoms with Crippen molar-refractivity contribution in [3.05, 3.63) is 30.7 Å².